The van der Waals surface area contributed by atoms with Crippen LogP contribution in [-0.2, 0) is 0 Å². The third-order valence-corrected chi connectivity index (χ3v) is 3.53. The number of hydrogen-bond acceptors (Lipinski definition) is 6. The summed E-state index contributed by atoms with van der Waals surface area (Å²) in [6.45, 7) is 4.14. The van der Waals surface area contributed by atoms with Gasteiger partial charge in [0.1, 0.15) is 5.82 Å². The molecule has 8 nitrogen and oxygen atoms in total. The van der Waals surface area contributed by atoms with Crippen molar-refractivity contribution in [3.05, 3.63) is 24.0 Å². The second-order valence-corrected chi connectivity index (χ2v) is 5.25. The fourth-order valence-corrected chi connectivity index (χ4v) is 2.47. The van der Waals surface area contributed by atoms with Gasteiger partial charge in [0.25, 0.3) is 0 Å². The number of benzene rings is 2. The lowest BCUT2D eigenvalue weighted by Gasteiger charge is -2.19. The summed E-state index contributed by atoms with van der Waals surface area (Å²) in [7, 11) is 2.66. The van der Waals surface area contributed by atoms with Crippen molar-refractivity contribution in [3.8, 4) is 23.0 Å². The molecule has 0 aliphatic heterocycles. The molecule has 0 heterocycles. The van der Waals surface area contributed by atoms with E-state index < -0.39 is 18.0 Å². The Balaban J connectivity index is 2.75. The third kappa shape index (κ3) is 4.30. The lowest BCUT2D eigenvalue weighted by atomic mass is 10.1. The van der Waals surface area contributed by atoms with Crippen molar-refractivity contribution in [2.24, 2.45) is 0 Å². The second kappa shape index (κ2) is 8.93. The molecule has 0 saturated carbocycles. The maximum atomic E-state index is 13.9. The molecule has 2 N–H and O–H groups in total. The van der Waals surface area contributed by atoms with Crippen LogP contribution in [0.5, 0.6) is 23.0 Å². The highest BCUT2D eigenvalue weighted by molar-refractivity contribution is 6.01. The van der Waals surface area contributed by atoms with E-state index in [2.05, 4.69) is 10.6 Å². The number of hydrogen-bond donors (Lipinski definition) is 2. The summed E-state index contributed by atoms with van der Waals surface area (Å²) >= 11 is 0. The van der Waals surface area contributed by atoms with Gasteiger partial charge in [-0.3, -0.25) is 0 Å². The van der Waals surface area contributed by atoms with Crippen molar-refractivity contribution < 1.29 is 32.9 Å². The van der Waals surface area contributed by atoms with Crippen LogP contribution in [0.3, 0.4) is 0 Å². The molecule has 2 rings (SSSR count). The fraction of sp³-hybridized carbons (Fsp3) is 0.333. The van der Waals surface area contributed by atoms with Crippen LogP contribution < -0.4 is 29.6 Å². The van der Waals surface area contributed by atoms with Gasteiger partial charge in [-0.2, -0.15) is 0 Å². The summed E-state index contributed by atoms with van der Waals surface area (Å²) < 4.78 is 35.2. The minimum absolute atomic E-state index is 0.0125. The molecule has 0 aromatic heterocycles. The third-order valence-electron chi connectivity index (χ3n) is 3.53. The highest BCUT2D eigenvalue weighted by Crippen LogP contribution is 2.51. The molecule has 0 radical (unpaired) electrons. The van der Waals surface area contributed by atoms with Crippen LogP contribution in [0, 0.1) is 5.82 Å². The van der Waals surface area contributed by atoms with Gasteiger partial charge in [-0.05, 0) is 32.0 Å². The van der Waals surface area contributed by atoms with Crippen LogP contribution >= 0.6 is 0 Å². The van der Waals surface area contributed by atoms with E-state index in [9.17, 15) is 14.0 Å². The van der Waals surface area contributed by atoms with Crippen LogP contribution in [0.4, 0.5) is 14.0 Å². The fourth-order valence-electron chi connectivity index (χ4n) is 2.47. The minimum atomic E-state index is -0.749. The lowest BCUT2D eigenvalue weighted by Crippen LogP contribution is -2.27. The highest BCUT2D eigenvalue weighted by atomic mass is 19.1. The largest absolute Gasteiger partial charge is 0.490 e. The first-order valence-corrected chi connectivity index (χ1v) is 8.25. The maximum absolute atomic E-state index is 13.9. The van der Waals surface area contributed by atoms with E-state index in [4.69, 9.17) is 18.9 Å². The summed E-state index contributed by atoms with van der Waals surface area (Å²) in [5, 5.41) is 5.46. The van der Waals surface area contributed by atoms with Gasteiger partial charge in [0.2, 0.25) is 11.5 Å². The van der Waals surface area contributed by atoms with E-state index >= 15 is 0 Å². The first kappa shape index (κ1) is 20.1. The smallest absolute Gasteiger partial charge is 0.412 e. The average Bonchev–Trinajstić information content (AvgIpc) is 2.63. The molecular formula is C18H21FN2O6. The van der Waals surface area contributed by atoms with Crippen molar-refractivity contribution in [3.63, 3.8) is 0 Å². The molecule has 27 heavy (non-hydrogen) atoms. The standard InChI is InChI=1S/C18H21FN2O6/c1-5-20-17(22)26-13-11-8-7-10(19)9-12(11)14(27-18(23)21-6-2)16(25-4)15(13)24-3/h7-9H,5-6H2,1-4H3,(H,20,22)(H,21,23). The monoisotopic (exact) mass is 380 g/mol. The normalized spacial score (nSPS) is 10.3. The van der Waals surface area contributed by atoms with Gasteiger partial charge in [-0.1, -0.05) is 0 Å². The lowest BCUT2D eigenvalue weighted by molar-refractivity contribution is 0.195. The molecule has 0 atom stereocenters. The van der Waals surface area contributed by atoms with Gasteiger partial charge < -0.3 is 29.6 Å². The molecule has 0 bridgehead atoms. The van der Waals surface area contributed by atoms with E-state index in [1.165, 1.54) is 26.4 Å². The molecule has 0 unspecified atom stereocenters. The van der Waals surface area contributed by atoms with Crippen molar-refractivity contribution >= 4 is 23.0 Å². The maximum Gasteiger partial charge on any atom is 0.412 e. The summed E-state index contributed by atoms with van der Waals surface area (Å²) in [5.41, 5.74) is 0. The zero-order valence-corrected chi connectivity index (χ0v) is 15.5. The molecule has 0 aliphatic rings. The molecular weight excluding hydrogens is 359 g/mol. The number of nitrogens with one attached hydrogen (secondary N) is 2. The topological polar surface area (TPSA) is 95.1 Å². The van der Waals surface area contributed by atoms with Crippen LogP contribution in [0.15, 0.2) is 18.2 Å². The molecule has 2 amide bonds. The van der Waals surface area contributed by atoms with Crippen molar-refractivity contribution in [1.29, 1.82) is 0 Å². The number of carbonyl (C=O) groups excluding carboxylic acids is 2. The summed E-state index contributed by atoms with van der Waals surface area (Å²) in [6.07, 6.45) is -1.47. The number of fused-ring (bicyclic) bond motifs is 1. The number of rotatable bonds is 6. The molecule has 0 spiro atoms. The minimum Gasteiger partial charge on any atom is -0.490 e. The zero-order valence-electron chi connectivity index (χ0n) is 15.5. The van der Waals surface area contributed by atoms with Crippen LogP contribution in [0.1, 0.15) is 13.8 Å². The molecule has 2 aromatic rings. The molecule has 0 fully saturated rings. The first-order valence-electron chi connectivity index (χ1n) is 8.25. The molecule has 146 valence electrons. The van der Waals surface area contributed by atoms with Crippen LogP contribution in [0.25, 0.3) is 10.8 Å². The van der Waals surface area contributed by atoms with Crippen molar-refractivity contribution in [1.82, 2.24) is 10.6 Å². The molecule has 9 heteroatoms. The van der Waals surface area contributed by atoms with E-state index in [0.717, 1.165) is 6.07 Å². The SMILES string of the molecule is CCNC(=O)Oc1c(OC)c(OC)c(OC(=O)NCC)c2cc(F)ccc12. The number of methoxy groups -OCH3 is 2. The van der Waals surface area contributed by atoms with Crippen LogP contribution in [-0.4, -0.2) is 39.5 Å². The molecule has 0 aliphatic carbocycles. The van der Waals surface area contributed by atoms with E-state index in [1.807, 2.05) is 0 Å². The predicted octanol–water partition coefficient (Wildman–Crippen LogP) is 3.21. The van der Waals surface area contributed by atoms with Crippen molar-refractivity contribution in [2.45, 2.75) is 13.8 Å². The summed E-state index contributed by atoms with van der Waals surface area (Å²) in [4.78, 5) is 23.9. The predicted molar refractivity (Wildman–Crippen MR) is 96.4 cm³/mol. The quantitative estimate of drug-likeness (QED) is 0.799. The van der Waals surface area contributed by atoms with Gasteiger partial charge in [0.05, 0.1) is 14.2 Å². The molecule has 0 saturated heterocycles. The van der Waals surface area contributed by atoms with Gasteiger partial charge in [-0.25, -0.2) is 14.0 Å². The Morgan fingerprint density at radius 3 is 1.78 bits per heavy atom. The van der Waals surface area contributed by atoms with E-state index in [-0.39, 0.29) is 28.4 Å². The number of halogens is 1. The van der Waals surface area contributed by atoms with Crippen molar-refractivity contribution in [2.75, 3.05) is 27.3 Å². The Kier molecular flexibility index (Phi) is 6.64. The van der Waals surface area contributed by atoms with Gasteiger partial charge in [0.15, 0.2) is 11.5 Å². The second-order valence-electron chi connectivity index (χ2n) is 5.25. The Hall–Kier alpha value is -3.23. The first-order chi connectivity index (χ1) is 13.0. The highest BCUT2D eigenvalue weighted by Gasteiger charge is 2.27. The average molecular weight is 380 g/mol. The Bertz CT molecular complexity index is 856. The van der Waals surface area contributed by atoms with Crippen LogP contribution in [0.2, 0.25) is 0 Å². The Morgan fingerprint density at radius 1 is 0.852 bits per heavy atom. The van der Waals surface area contributed by atoms with Gasteiger partial charge >= 0.3 is 12.2 Å². The van der Waals surface area contributed by atoms with E-state index in [1.54, 1.807) is 13.8 Å². The van der Waals surface area contributed by atoms with E-state index in [0.29, 0.717) is 18.5 Å². The number of amides is 2. The Morgan fingerprint density at radius 2 is 1.33 bits per heavy atom. The Labute approximate surface area is 155 Å². The van der Waals surface area contributed by atoms with Gasteiger partial charge in [-0.15, -0.1) is 0 Å². The zero-order chi connectivity index (χ0) is 20.0. The van der Waals surface area contributed by atoms with Gasteiger partial charge in [0, 0.05) is 23.9 Å². The summed E-state index contributed by atoms with van der Waals surface area (Å²) in [5.74, 6) is -0.598. The summed E-state index contributed by atoms with van der Waals surface area (Å²) in [6, 6.07) is 3.73. The molecule has 2 aromatic carbocycles. The number of ether oxygens (including phenoxy) is 4. The number of carbonyl (C=O) groups is 2.